The molecule has 1 saturated carbocycles. The quantitative estimate of drug-likeness (QED) is 0.941. The lowest BCUT2D eigenvalue weighted by molar-refractivity contribution is 0.361. The summed E-state index contributed by atoms with van der Waals surface area (Å²) in [5.74, 6) is 1.97. The summed E-state index contributed by atoms with van der Waals surface area (Å²) in [6.07, 6.45) is 7.45. The van der Waals surface area contributed by atoms with Gasteiger partial charge < -0.3 is 10.2 Å². The zero-order valence-electron chi connectivity index (χ0n) is 12.9. The maximum absolute atomic E-state index is 4.95. The number of piperidine rings is 1. The van der Waals surface area contributed by atoms with Crippen LogP contribution in [0, 0.1) is 5.92 Å². The minimum absolute atomic E-state index is 0.586. The Labute approximate surface area is 130 Å². The lowest BCUT2D eigenvalue weighted by atomic mass is 9.92. The molecule has 114 valence electrons. The molecule has 0 aromatic carbocycles. The highest BCUT2D eigenvalue weighted by Crippen LogP contribution is 2.32. The Bertz CT molecular complexity index is 627. The fourth-order valence-corrected chi connectivity index (χ4v) is 4.11. The minimum Gasteiger partial charge on any atom is -0.352 e. The molecule has 2 atom stereocenters. The number of nitrogens with zero attached hydrogens (tertiary/aromatic N) is 3. The van der Waals surface area contributed by atoms with Crippen molar-refractivity contribution in [2.75, 3.05) is 11.4 Å². The van der Waals surface area contributed by atoms with E-state index in [1.54, 1.807) is 11.3 Å². The van der Waals surface area contributed by atoms with Crippen LogP contribution >= 0.6 is 11.3 Å². The maximum Gasteiger partial charge on any atom is 0.195 e. The number of hydrogen-bond acceptors (Lipinski definition) is 4. The Morgan fingerprint density at radius 2 is 2.19 bits per heavy atom. The fourth-order valence-electron chi connectivity index (χ4n) is 3.38. The highest BCUT2D eigenvalue weighted by atomic mass is 32.1. The van der Waals surface area contributed by atoms with E-state index in [1.165, 1.54) is 37.2 Å². The molecule has 3 heterocycles. The molecular weight excluding hydrogens is 280 g/mol. The van der Waals surface area contributed by atoms with E-state index in [-0.39, 0.29) is 0 Å². The molecule has 1 aliphatic carbocycles. The summed E-state index contributed by atoms with van der Waals surface area (Å²) in [7, 11) is 0. The maximum atomic E-state index is 4.95. The van der Waals surface area contributed by atoms with Crippen LogP contribution in [0.15, 0.2) is 11.6 Å². The lowest BCUT2D eigenvalue weighted by Gasteiger charge is -2.38. The third-order valence-corrected chi connectivity index (χ3v) is 5.88. The van der Waals surface area contributed by atoms with E-state index >= 15 is 0 Å². The van der Waals surface area contributed by atoms with Gasteiger partial charge in [0.25, 0.3) is 0 Å². The molecule has 2 aliphatic rings. The molecule has 1 N–H and O–H groups in total. The number of aromatic nitrogens is 2. The normalized spacial score (nSPS) is 26.7. The first-order valence-corrected chi connectivity index (χ1v) is 9.06. The van der Waals surface area contributed by atoms with Gasteiger partial charge in [-0.3, -0.25) is 4.40 Å². The average Bonchev–Trinajstić information content (AvgIpc) is 3.08. The van der Waals surface area contributed by atoms with E-state index in [4.69, 9.17) is 4.98 Å². The molecule has 4 nitrogen and oxygen atoms in total. The number of hydrogen-bond donors (Lipinski definition) is 1. The molecule has 1 saturated heterocycles. The zero-order valence-corrected chi connectivity index (χ0v) is 13.7. The summed E-state index contributed by atoms with van der Waals surface area (Å²) in [5.41, 5.74) is 1.35. The Morgan fingerprint density at radius 3 is 3.00 bits per heavy atom. The molecule has 2 aromatic rings. The third kappa shape index (κ3) is 2.46. The van der Waals surface area contributed by atoms with Crippen LogP contribution < -0.4 is 10.2 Å². The van der Waals surface area contributed by atoms with Crippen molar-refractivity contribution in [1.82, 2.24) is 14.7 Å². The van der Waals surface area contributed by atoms with E-state index in [9.17, 15) is 0 Å². The van der Waals surface area contributed by atoms with Crippen molar-refractivity contribution in [2.24, 2.45) is 5.92 Å². The summed E-state index contributed by atoms with van der Waals surface area (Å²) in [6.45, 7) is 6.81. The first kappa shape index (κ1) is 13.6. The first-order chi connectivity index (χ1) is 10.2. The molecule has 0 amide bonds. The number of thiazole rings is 1. The van der Waals surface area contributed by atoms with E-state index < -0.39 is 0 Å². The predicted octanol–water partition coefficient (Wildman–Crippen LogP) is 3.27. The predicted molar refractivity (Wildman–Crippen MR) is 88.1 cm³/mol. The van der Waals surface area contributed by atoms with E-state index in [0.29, 0.717) is 6.04 Å². The van der Waals surface area contributed by atoms with Crippen molar-refractivity contribution in [2.45, 2.75) is 58.2 Å². The van der Waals surface area contributed by atoms with Crippen LogP contribution in [0.3, 0.4) is 0 Å². The van der Waals surface area contributed by atoms with Crippen LogP contribution in [0.25, 0.3) is 4.96 Å². The highest BCUT2D eigenvalue weighted by molar-refractivity contribution is 7.15. The van der Waals surface area contributed by atoms with Crippen LogP contribution in [0.5, 0.6) is 0 Å². The van der Waals surface area contributed by atoms with Crippen LogP contribution in [-0.2, 0) is 6.54 Å². The Hall–Kier alpha value is -1.07. The van der Waals surface area contributed by atoms with Gasteiger partial charge in [-0.2, -0.15) is 0 Å². The summed E-state index contributed by atoms with van der Waals surface area (Å²) in [6, 6.07) is 1.32. The van der Waals surface area contributed by atoms with Crippen molar-refractivity contribution in [3.05, 3.63) is 17.3 Å². The van der Waals surface area contributed by atoms with Gasteiger partial charge in [0, 0.05) is 36.8 Å². The van der Waals surface area contributed by atoms with Crippen molar-refractivity contribution in [3.8, 4) is 0 Å². The van der Waals surface area contributed by atoms with Crippen molar-refractivity contribution < 1.29 is 0 Å². The molecule has 0 radical (unpaired) electrons. The molecule has 2 aromatic heterocycles. The van der Waals surface area contributed by atoms with Gasteiger partial charge >= 0.3 is 0 Å². The van der Waals surface area contributed by atoms with Gasteiger partial charge in [0.15, 0.2) is 10.8 Å². The van der Waals surface area contributed by atoms with Gasteiger partial charge in [-0.05, 0) is 38.5 Å². The van der Waals surface area contributed by atoms with Crippen molar-refractivity contribution in [1.29, 1.82) is 0 Å². The molecule has 2 fully saturated rings. The lowest BCUT2D eigenvalue weighted by Crippen LogP contribution is -2.43. The van der Waals surface area contributed by atoms with Gasteiger partial charge in [-0.15, -0.1) is 11.3 Å². The topological polar surface area (TPSA) is 32.6 Å². The van der Waals surface area contributed by atoms with E-state index in [0.717, 1.165) is 30.0 Å². The summed E-state index contributed by atoms with van der Waals surface area (Å²) in [5, 5.41) is 5.80. The molecular formula is C16H24N4S. The Kier molecular flexibility index (Phi) is 3.42. The minimum atomic E-state index is 0.586. The molecule has 0 spiro atoms. The van der Waals surface area contributed by atoms with Crippen LogP contribution in [0.2, 0.25) is 0 Å². The largest absolute Gasteiger partial charge is 0.352 e. The standard InChI is InChI=1S/C16H24N4S/c1-11-4-3-7-19(12(11)2)15-14(10-17-13-5-6-13)20-8-9-21-16(20)18-15/h8-9,11-13,17H,3-7,10H2,1-2H3. The van der Waals surface area contributed by atoms with Gasteiger partial charge in [-0.25, -0.2) is 4.98 Å². The van der Waals surface area contributed by atoms with Gasteiger partial charge in [0.1, 0.15) is 0 Å². The van der Waals surface area contributed by atoms with E-state index in [2.05, 4.69) is 40.0 Å². The third-order valence-electron chi connectivity index (χ3n) is 5.12. The molecule has 4 rings (SSSR count). The van der Waals surface area contributed by atoms with Crippen molar-refractivity contribution in [3.63, 3.8) is 0 Å². The molecule has 21 heavy (non-hydrogen) atoms. The first-order valence-electron chi connectivity index (χ1n) is 8.18. The van der Waals surface area contributed by atoms with Crippen LogP contribution in [-0.4, -0.2) is 28.0 Å². The second-order valence-electron chi connectivity index (χ2n) is 6.65. The second-order valence-corrected chi connectivity index (χ2v) is 7.52. The number of rotatable bonds is 4. The Balaban J connectivity index is 1.68. The number of nitrogens with one attached hydrogen (secondary N) is 1. The van der Waals surface area contributed by atoms with Crippen LogP contribution in [0.4, 0.5) is 5.82 Å². The fraction of sp³-hybridized carbons (Fsp3) is 0.688. The Morgan fingerprint density at radius 1 is 1.33 bits per heavy atom. The smallest absolute Gasteiger partial charge is 0.195 e. The van der Waals surface area contributed by atoms with E-state index in [1.807, 2.05) is 0 Å². The van der Waals surface area contributed by atoms with Gasteiger partial charge in [0.2, 0.25) is 0 Å². The zero-order chi connectivity index (χ0) is 14.4. The molecule has 1 aliphatic heterocycles. The number of imidazole rings is 1. The number of fused-ring (bicyclic) bond motifs is 1. The molecule has 0 bridgehead atoms. The van der Waals surface area contributed by atoms with Gasteiger partial charge in [0.05, 0.1) is 5.69 Å². The monoisotopic (exact) mass is 304 g/mol. The highest BCUT2D eigenvalue weighted by Gasteiger charge is 2.30. The van der Waals surface area contributed by atoms with Crippen LogP contribution in [0.1, 0.15) is 45.2 Å². The summed E-state index contributed by atoms with van der Waals surface area (Å²) in [4.78, 5) is 8.61. The second kappa shape index (κ2) is 5.29. The molecule has 2 unspecified atom stereocenters. The van der Waals surface area contributed by atoms with Gasteiger partial charge in [-0.1, -0.05) is 6.92 Å². The molecule has 5 heteroatoms. The summed E-state index contributed by atoms with van der Waals surface area (Å²) < 4.78 is 2.28. The number of anilines is 1. The summed E-state index contributed by atoms with van der Waals surface area (Å²) >= 11 is 1.74. The average molecular weight is 304 g/mol. The van der Waals surface area contributed by atoms with Crippen molar-refractivity contribution >= 4 is 22.1 Å². The SMILES string of the molecule is CC1CCCN(c2nc3sccn3c2CNC2CC2)C1C.